The highest BCUT2D eigenvalue weighted by molar-refractivity contribution is 5.85. The second kappa shape index (κ2) is 5.35. The molecule has 5 nitrogen and oxygen atoms in total. The van der Waals surface area contributed by atoms with E-state index < -0.39 is 5.97 Å². The Morgan fingerprint density at radius 2 is 2.11 bits per heavy atom. The van der Waals surface area contributed by atoms with Gasteiger partial charge in [0.15, 0.2) is 5.69 Å². The standard InChI is InChI=1S/C13H17NO4/c1-17-8-9-7-12(13(15)18-2)14(16)11-6-4-3-5-10(9)11/h7H,3-6,8H2,1-2H3. The molecule has 0 saturated heterocycles. The molecule has 5 heteroatoms. The van der Waals surface area contributed by atoms with Gasteiger partial charge in [0.1, 0.15) is 0 Å². The van der Waals surface area contributed by atoms with Crippen LogP contribution in [0.1, 0.15) is 40.2 Å². The van der Waals surface area contributed by atoms with E-state index in [1.807, 2.05) is 0 Å². The van der Waals surface area contributed by atoms with Crippen molar-refractivity contribution in [2.45, 2.75) is 32.3 Å². The van der Waals surface area contributed by atoms with Crippen LogP contribution in [-0.4, -0.2) is 20.2 Å². The second-order valence-corrected chi connectivity index (χ2v) is 4.41. The first-order valence-corrected chi connectivity index (χ1v) is 6.03. The van der Waals surface area contributed by atoms with Crippen LogP contribution in [0.3, 0.4) is 0 Å². The molecule has 0 amide bonds. The minimum Gasteiger partial charge on any atom is -0.618 e. The minimum absolute atomic E-state index is 0.0465. The van der Waals surface area contributed by atoms with Crippen LogP contribution >= 0.6 is 0 Å². The maximum absolute atomic E-state index is 12.1. The van der Waals surface area contributed by atoms with E-state index in [1.54, 1.807) is 13.2 Å². The third kappa shape index (κ3) is 2.18. The molecule has 1 aromatic rings. The number of methoxy groups -OCH3 is 2. The Balaban J connectivity index is 2.56. The quantitative estimate of drug-likeness (QED) is 0.459. The van der Waals surface area contributed by atoms with Gasteiger partial charge in [-0.2, -0.15) is 4.73 Å². The van der Waals surface area contributed by atoms with Crippen molar-refractivity contribution in [2.75, 3.05) is 14.2 Å². The van der Waals surface area contributed by atoms with Crippen molar-refractivity contribution in [3.63, 3.8) is 0 Å². The Bertz CT molecular complexity index is 471. The Kier molecular flexibility index (Phi) is 3.81. The molecule has 2 rings (SSSR count). The molecule has 1 heterocycles. The molecule has 0 aromatic carbocycles. The monoisotopic (exact) mass is 251 g/mol. The molecular formula is C13H17NO4. The summed E-state index contributed by atoms with van der Waals surface area (Å²) in [5, 5.41) is 12.1. The molecule has 18 heavy (non-hydrogen) atoms. The molecule has 1 aliphatic carbocycles. The Morgan fingerprint density at radius 1 is 1.39 bits per heavy atom. The molecule has 0 atom stereocenters. The second-order valence-electron chi connectivity index (χ2n) is 4.41. The van der Waals surface area contributed by atoms with Crippen molar-refractivity contribution >= 4 is 5.97 Å². The largest absolute Gasteiger partial charge is 0.618 e. The summed E-state index contributed by atoms with van der Waals surface area (Å²) in [6, 6.07) is 1.59. The van der Waals surface area contributed by atoms with Gasteiger partial charge in [0.05, 0.1) is 13.7 Å². The van der Waals surface area contributed by atoms with Crippen molar-refractivity contribution in [3.8, 4) is 0 Å². The maximum Gasteiger partial charge on any atom is 0.404 e. The van der Waals surface area contributed by atoms with Crippen molar-refractivity contribution < 1.29 is 19.0 Å². The van der Waals surface area contributed by atoms with Crippen LogP contribution in [0.15, 0.2) is 6.07 Å². The minimum atomic E-state index is -0.601. The van der Waals surface area contributed by atoms with Crippen molar-refractivity contribution in [3.05, 3.63) is 33.8 Å². The van der Waals surface area contributed by atoms with Gasteiger partial charge >= 0.3 is 11.7 Å². The number of ether oxygens (including phenoxy) is 2. The van der Waals surface area contributed by atoms with E-state index in [1.165, 1.54) is 7.11 Å². The van der Waals surface area contributed by atoms with Crippen LogP contribution in [0, 0.1) is 5.21 Å². The molecule has 98 valence electrons. The summed E-state index contributed by atoms with van der Waals surface area (Å²) in [5.74, 6) is -0.601. The molecular weight excluding hydrogens is 234 g/mol. The lowest BCUT2D eigenvalue weighted by Gasteiger charge is -2.19. The summed E-state index contributed by atoms with van der Waals surface area (Å²) in [6.45, 7) is 0.410. The molecule has 0 spiro atoms. The Morgan fingerprint density at radius 3 is 2.78 bits per heavy atom. The number of aromatic nitrogens is 1. The van der Waals surface area contributed by atoms with Crippen LogP contribution < -0.4 is 4.73 Å². The molecule has 0 bridgehead atoms. The fourth-order valence-electron chi connectivity index (χ4n) is 2.45. The zero-order valence-corrected chi connectivity index (χ0v) is 10.7. The predicted octanol–water partition coefficient (Wildman–Crippen LogP) is 1.13. The fraction of sp³-hybridized carbons (Fsp3) is 0.538. The number of carbonyl (C=O) groups is 1. The van der Waals surface area contributed by atoms with Crippen molar-refractivity contribution in [1.82, 2.24) is 0 Å². The highest BCUT2D eigenvalue weighted by Crippen LogP contribution is 2.23. The van der Waals surface area contributed by atoms with E-state index >= 15 is 0 Å². The number of hydrogen-bond donors (Lipinski definition) is 0. The van der Waals surface area contributed by atoms with Gasteiger partial charge in [0.2, 0.25) is 0 Å². The number of nitrogens with zero attached hydrogens (tertiary/aromatic N) is 1. The fourth-order valence-corrected chi connectivity index (χ4v) is 2.45. The van der Waals surface area contributed by atoms with Gasteiger partial charge in [-0.3, -0.25) is 0 Å². The molecule has 1 aliphatic rings. The van der Waals surface area contributed by atoms with E-state index in [2.05, 4.69) is 4.74 Å². The summed E-state index contributed by atoms with van der Waals surface area (Å²) in [7, 11) is 2.88. The molecule has 0 N–H and O–H groups in total. The average molecular weight is 251 g/mol. The first-order valence-electron chi connectivity index (χ1n) is 6.03. The Hall–Kier alpha value is -1.62. The third-order valence-electron chi connectivity index (χ3n) is 3.30. The van der Waals surface area contributed by atoms with Crippen LogP contribution in [0.5, 0.6) is 0 Å². The summed E-state index contributed by atoms with van der Waals surface area (Å²) in [4.78, 5) is 11.6. The van der Waals surface area contributed by atoms with Crippen LogP contribution in [0.2, 0.25) is 0 Å². The average Bonchev–Trinajstić information content (AvgIpc) is 2.41. The van der Waals surface area contributed by atoms with E-state index in [0.717, 1.165) is 35.1 Å². The van der Waals surface area contributed by atoms with Crippen LogP contribution in [0.4, 0.5) is 0 Å². The lowest BCUT2D eigenvalue weighted by atomic mass is 9.91. The van der Waals surface area contributed by atoms with Crippen molar-refractivity contribution in [2.24, 2.45) is 0 Å². The summed E-state index contributed by atoms with van der Waals surface area (Å²) in [6.07, 6.45) is 3.63. The molecule has 0 aliphatic heterocycles. The topological polar surface area (TPSA) is 62.5 Å². The van der Waals surface area contributed by atoms with E-state index in [-0.39, 0.29) is 5.69 Å². The van der Waals surface area contributed by atoms with Gasteiger partial charge < -0.3 is 14.7 Å². The normalized spacial score (nSPS) is 14.1. The summed E-state index contributed by atoms with van der Waals surface area (Å²) < 4.78 is 10.5. The van der Waals surface area contributed by atoms with Gasteiger partial charge in [-0.1, -0.05) is 0 Å². The highest BCUT2D eigenvalue weighted by atomic mass is 16.5. The summed E-state index contributed by atoms with van der Waals surface area (Å²) >= 11 is 0. The molecule has 1 aromatic heterocycles. The summed E-state index contributed by atoms with van der Waals surface area (Å²) in [5.41, 5.74) is 2.69. The van der Waals surface area contributed by atoms with Crippen molar-refractivity contribution in [1.29, 1.82) is 0 Å². The Labute approximate surface area is 106 Å². The molecule has 0 unspecified atom stereocenters. The number of carbonyl (C=O) groups excluding carboxylic acids is 1. The van der Waals surface area contributed by atoms with E-state index in [4.69, 9.17) is 4.74 Å². The smallest absolute Gasteiger partial charge is 0.404 e. The number of esters is 1. The SMILES string of the molecule is COCc1cc(C(=O)OC)[n+]([O-])c2c1CCCC2. The maximum atomic E-state index is 12.1. The first-order chi connectivity index (χ1) is 8.69. The third-order valence-corrected chi connectivity index (χ3v) is 3.30. The van der Waals surface area contributed by atoms with E-state index in [0.29, 0.717) is 18.7 Å². The lowest BCUT2D eigenvalue weighted by Crippen LogP contribution is -2.42. The van der Waals surface area contributed by atoms with E-state index in [9.17, 15) is 10.0 Å². The predicted molar refractivity (Wildman–Crippen MR) is 64.1 cm³/mol. The number of hydrogen-bond acceptors (Lipinski definition) is 4. The van der Waals surface area contributed by atoms with Gasteiger partial charge in [-0.15, -0.1) is 0 Å². The lowest BCUT2D eigenvalue weighted by molar-refractivity contribution is -0.617. The zero-order valence-electron chi connectivity index (χ0n) is 10.7. The number of rotatable bonds is 3. The molecule has 0 saturated carbocycles. The van der Waals surface area contributed by atoms with Gasteiger partial charge in [-0.25, -0.2) is 4.79 Å². The van der Waals surface area contributed by atoms with Crippen LogP contribution in [-0.2, 0) is 28.9 Å². The van der Waals surface area contributed by atoms with Crippen LogP contribution in [0.25, 0.3) is 0 Å². The number of fused-ring (bicyclic) bond motifs is 1. The number of pyridine rings is 1. The molecule has 0 fully saturated rings. The molecule has 0 radical (unpaired) electrons. The highest BCUT2D eigenvalue weighted by Gasteiger charge is 2.28. The van der Waals surface area contributed by atoms with Gasteiger partial charge in [0, 0.05) is 25.2 Å². The van der Waals surface area contributed by atoms with Gasteiger partial charge in [0.25, 0.3) is 0 Å². The van der Waals surface area contributed by atoms with Gasteiger partial charge in [-0.05, 0) is 24.8 Å². The zero-order chi connectivity index (χ0) is 13.1. The first kappa shape index (κ1) is 12.8.